The predicted octanol–water partition coefficient (Wildman–Crippen LogP) is 4.83. The van der Waals surface area contributed by atoms with Gasteiger partial charge in [-0.1, -0.05) is 42.5 Å². The molecule has 1 heterocycles. The molecule has 3 aromatic carbocycles. The topological polar surface area (TPSA) is 49.8 Å². The Bertz CT molecular complexity index is 1080. The Morgan fingerprint density at radius 1 is 0.969 bits per heavy atom. The van der Waals surface area contributed by atoms with Crippen LogP contribution in [0.15, 0.2) is 72.8 Å². The monoisotopic (exact) mass is 441 g/mol. The smallest absolute Gasteiger partial charge is 0.357 e. The molecule has 1 saturated heterocycles. The number of nitrogens with zero attached hydrogens (tertiary/aromatic N) is 1. The number of carbonyl (C=O) groups is 1. The van der Waals surface area contributed by atoms with Gasteiger partial charge in [-0.05, 0) is 48.7 Å². The Balaban J connectivity index is 1.65. The summed E-state index contributed by atoms with van der Waals surface area (Å²) in [6, 6.07) is 16.8. The highest BCUT2D eigenvalue weighted by atomic mass is 19.2. The number of hydroxylamine groups is 2. The Labute approximate surface area is 183 Å². The maximum Gasteiger partial charge on any atom is 0.357 e. The van der Waals surface area contributed by atoms with Crippen LogP contribution in [0, 0.1) is 17.5 Å². The first kappa shape index (κ1) is 22.0. The van der Waals surface area contributed by atoms with Crippen molar-refractivity contribution in [2.75, 3.05) is 6.54 Å². The Hall–Kier alpha value is -3.16. The molecule has 0 unspecified atom stereocenters. The summed E-state index contributed by atoms with van der Waals surface area (Å²) >= 11 is 0. The molecule has 0 spiro atoms. The first-order valence-corrected chi connectivity index (χ1v) is 10.4. The maximum atomic E-state index is 14.7. The average Bonchev–Trinajstić information content (AvgIpc) is 3.26. The van der Waals surface area contributed by atoms with E-state index in [1.807, 2.05) is 0 Å². The van der Waals surface area contributed by atoms with Crippen LogP contribution >= 0.6 is 0 Å². The second kappa shape index (κ2) is 9.54. The van der Waals surface area contributed by atoms with Gasteiger partial charge in [-0.25, -0.2) is 18.0 Å². The van der Waals surface area contributed by atoms with Crippen molar-refractivity contribution in [1.29, 1.82) is 0 Å². The van der Waals surface area contributed by atoms with Gasteiger partial charge < -0.3 is 9.94 Å². The largest absolute Gasteiger partial charge is 0.390 e. The Morgan fingerprint density at radius 3 is 2.41 bits per heavy atom. The third kappa shape index (κ3) is 4.54. The van der Waals surface area contributed by atoms with Gasteiger partial charge in [0.25, 0.3) is 0 Å². The Kier molecular flexibility index (Phi) is 6.58. The zero-order chi connectivity index (χ0) is 22.7. The second-order valence-corrected chi connectivity index (χ2v) is 7.76. The molecule has 1 aliphatic rings. The summed E-state index contributed by atoms with van der Waals surface area (Å²) in [5, 5.41) is 12.7. The first-order chi connectivity index (χ1) is 15.5. The number of carbonyl (C=O) groups excluding carboxylic acids is 1. The minimum absolute atomic E-state index is 0.0506. The van der Waals surface area contributed by atoms with Crippen LogP contribution in [-0.4, -0.2) is 34.8 Å². The van der Waals surface area contributed by atoms with Gasteiger partial charge in [0, 0.05) is 18.0 Å². The molecule has 3 aromatic rings. The number of rotatable bonds is 6. The molecule has 32 heavy (non-hydrogen) atoms. The molecule has 4 rings (SSSR count). The van der Waals surface area contributed by atoms with Crippen LogP contribution in [-0.2, 0) is 4.84 Å². The molecule has 0 radical (unpaired) electrons. The van der Waals surface area contributed by atoms with Gasteiger partial charge in [0.05, 0.1) is 17.7 Å². The van der Waals surface area contributed by atoms with Gasteiger partial charge in [-0.3, -0.25) is 0 Å². The summed E-state index contributed by atoms with van der Waals surface area (Å²) in [4.78, 5) is 18.1. The quantitative estimate of drug-likeness (QED) is 0.595. The van der Waals surface area contributed by atoms with Crippen molar-refractivity contribution in [3.05, 3.63) is 107 Å². The predicted molar refractivity (Wildman–Crippen MR) is 112 cm³/mol. The van der Waals surface area contributed by atoms with E-state index >= 15 is 0 Å². The normalized spacial score (nSPS) is 18.3. The zero-order valence-electron chi connectivity index (χ0n) is 17.1. The van der Waals surface area contributed by atoms with Crippen LogP contribution in [0.3, 0.4) is 0 Å². The van der Waals surface area contributed by atoms with Gasteiger partial charge in [0.2, 0.25) is 0 Å². The van der Waals surface area contributed by atoms with Gasteiger partial charge in [0.15, 0.2) is 11.6 Å². The first-order valence-electron chi connectivity index (χ1n) is 10.4. The van der Waals surface area contributed by atoms with Crippen molar-refractivity contribution in [3.63, 3.8) is 0 Å². The molecule has 1 aliphatic heterocycles. The molecule has 0 amide bonds. The molecule has 1 N–H and O–H groups in total. The van der Waals surface area contributed by atoms with E-state index in [1.165, 1.54) is 41.5 Å². The highest BCUT2D eigenvalue weighted by molar-refractivity contribution is 5.89. The van der Waals surface area contributed by atoms with Crippen molar-refractivity contribution >= 4 is 5.97 Å². The number of hydrogen-bond donors (Lipinski definition) is 1. The summed E-state index contributed by atoms with van der Waals surface area (Å²) in [5.74, 6) is -4.17. The zero-order valence-corrected chi connectivity index (χ0v) is 17.1. The minimum atomic E-state index is -1.25. The summed E-state index contributed by atoms with van der Waals surface area (Å²) in [7, 11) is 0. The van der Waals surface area contributed by atoms with E-state index in [-0.39, 0.29) is 5.56 Å². The van der Waals surface area contributed by atoms with Crippen molar-refractivity contribution < 1.29 is 27.9 Å². The van der Waals surface area contributed by atoms with Crippen molar-refractivity contribution in [3.8, 4) is 0 Å². The second-order valence-electron chi connectivity index (χ2n) is 7.76. The lowest BCUT2D eigenvalue weighted by molar-refractivity contribution is -0.143. The Morgan fingerprint density at radius 2 is 1.69 bits per heavy atom. The number of benzene rings is 3. The van der Waals surface area contributed by atoms with E-state index in [9.17, 15) is 23.1 Å². The van der Waals surface area contributed by atoms with Crippen LogP contribution in [0.25, 0.3) is 0 Å². The van der Waals surface area contributed by atoms with Crippen LogP contribution in [0.4, 0.5) is 13.2 Å². The molecule has 166 valence electrons. The van der Waals surface area contributed by atoms with Gasteiger partial charge >= 0.3 is 5.97 Å². The standard InChI is InChI=1S/C25H22F3NO3/c26-18-13-11-16(12-14-18)22(19-8-4-9-20(27)23(19)28)24(30)21-10-5-15-29(21)32-25(31)17-6-2-1-3-7-17/h1-4,6-9,11-14,21-22,24,30H,5,10,15H2/t21-,22+,24-/m1/s1. The maximum absolute atomic E-state index is 14.7. The van der Waals surface area contributed by atoms with Crippen molar-refractivity contribution in [2.45, 2.75) is 30.9 Å². The molecular formula is C25H22F3NO3. The molecular weight excluding hydrogens is 419 g/mol. The number of aliphatic hydroxyl groups is 1. The molecule has 0 aliphatic carbocycles. The molecule has 0 aromatic heterocycles. The highest BCUT2D eigenvalue weighted by Gasteiger charge is 2.40. The van der Waals surface area contributed by atoms with Crippen molar-refractivity contribution in [1.82, 2.24) is 5.06 Å². The molecule has 7 heteroatoms. The fourth-order valence-corrected chi connectivity index (χ4v) is 4.17. The third-order valence-corrected chi connectivity index (χ3v) is 5.74. The van der Waals surface area contributed by atoms with Crippen LogP contribution in [0.1, 0.15) is 40.2 Å². The van der Waals surface area contributed by atoms with Crippen LogP contribution in [0.2, 0.25) is 0 Å². The molecule has 1 fully saturated rings. The van der Waals surface area contributed by atoms with E-state index < -0.39 is 41.5 Å². The lowest BCUT2D eigenvalue weighted by atomic mass is 9.82. The lowest BCUT2D eigenvalue weighted by Gasteiger charge is -2.33. The molecule has 0 bridgehead atoms. The third-order valence-electron chi connectivity index (χ3n) is 5.74. The van der Waals surface area contributed by atoms with E-state index in [0.717, 1.165) is 6.07 Å². The van der Waals surface area contributed by atoms with E-state index in [1.54, 1.807) is 30.3 Å². The summed E-state index contributed by atoms with van der Waals surface area (Å²) in [6.45, 7) is 0.391. The number of halogens is 3. The summed E-state index contributed by atoms with van der Waals surface area (Å²) in [5.41, 5.74) is 0.730. The molecule has 3 atom stereocenters. The SMILES string of the molecule is O=C(ON1CCC[C@@H]1[C@@H](O)[C@@H](c1ccc(F)cc1)c1cccc(F)c1F)c1ccccc1. The summed E-state index contributed by atoms with van der Waals surface area (Å²) in [6.07, 6.45) is -0.119. The van der Waals surface area contributed by atoms with E-state index in [2.05, 4.69) is 0 Å². The lowest BCUT2D eigenvalue weighted by Crippen LogP contribution is -2.43. The summed E-state index contributed by atoms with van der Waals surface area (Å²) < 4.78 is 42.2. The fourth-order valence-electron chi connectivity index (χ4n) is 4.17. The number of hydrogen-bond acceptors (Lipinski definition) is 4. The van der Waals surface area contributed by atoms with Crippen LogP contribution < -0.4 is 0 Å². The molecule has 4 nitrogen and oxygen atoms in total. The average molecular weight is 441 g/mol. The fraction of sp³-hybridized carbons (Fsp3) is 0.240. The van der Waals surface area contributed by atoms with Crippen LogP contribution in [0.5, 0.6) is 0 Å². The minimum Gasteiger partial charge on any atom is -0.390 e. The van der Waals surface area contributed by atoms with Gasteiger partial charge in [-0.2, -0.15) is 0 Å². The van der Waals surface area contributed by atoms with Crippen molar-refractivity contribution in [2.24, 2.45) is 0 Å². The highest BCUT2D eigenvalue weighted by Crippen LogP contribution is 2.36. The van der Waals surface area contributed by atoms with E-state index in [4.69, 9.17) is 4.84 Å². The molecule has 0 saturated carbocycles. The van der Waals surface area contributed by atoms with Gasteiger partial charge in [0.1, 0.15) is 5.82 Å². The van der Waals surface area contributed by atoms with Gasteiger partial charge in [-0.15, -0.1) is 5.06 Å². The van der Waals surface area contributed by atoms with E-state index in [0.29, 0.717) is 30.5 Å². The number of aliphatic hydroxyl groups excluding tert-OH is 1.